The van der Waals surface area contributed by atoms with E-state index in [2.05, 4.69) is 34.4 Å². The van der Waals surface area contributed by atoms with Crippen molar-refractivity contribution in [1.29, 1.82) is 0 Å². The quantitative estimate of drug-likeness (QED) is 0.841. The Morgan fingerprint density at radius 2 is 2.59 bits per heavy atom. The summed E-state index contributed by atoms with van der Waals surface area (Å²) < 4.78 is 0. The monoisotopic (exact) mass is 252 g/mol. The van der Waals surface area contributed by atoms with Crippen molar-refractivity contribution in [3.63, 3.8) is 0 Å². The summed E-state index contributed by atoms with van der Waals surface area (Å²) in [5, 5.41) is 10.6. The third kappa shape index (κ3) is 4.13. The van der Waals surface area contributed by atoms with Gasteiger partial charge in [-0.1, -0.05) is 0 Å². The summed E-state index contributed by atoms with van der Waals surface area (Å²) in [6.45, 7) is 3.13. The van der Waals surface area contributed by atoms with E-state index in [4.69, 9.17) is 0 Å². The Hall–Kier alpha value is -0.870. The van der Waals surface area contributed by atoms with Crippen molar-refractivity contribution < 1.29 is 4.79 Å². The number of hydrogen-bond acceptors (Lipinski definition) is 3. The van der Waals surface area contributed by atoms with E-state index in [1.165, 1.54) is 12.0 Å². The zero-order chi connectivity index (χ0) is 12.1. The molecule has 4 heteroatoms. The number of carbonyl (C=O) groups is 1. The molecule has 1 aromatic rings. The van der Waals surface area contributed by atoms with Gasteiger partial charge in [0.1, 0.15) is 0 Å². The maximum Gasteiger partial charge on any atom is 0.221 e. The Morgan fingerprint density at radius 1 is 1.71 bits per heavy atom. The Bertz CT molecular complexity index is 344. The van der Waals surface area contributed by atoms with Gasteiger partial charge in [-0.15, -0.1) is 0 Å². The summed E-state index contributed by atoms with van der Waals surface area (Å²) in [6.07, 6.45) is 3.87. The van der Waals surface area contributed by atoms with Gasteiger partial charge in [-0.2, -0.15) is 11.3 Å². The number of carbonyl (C=O) groups excluding carboxylic acids is 1. The van der Waals surface area contributed by atoms with Gasteiger partial charge in [0.2, 0.25) is 5.91 Å². The second kappa shape index (κ2) is 6.17. The molecule has 1 amide bonds. The molecule has 0 aliphatic carbocycles. The first-order valence-electron chi connectivity index (χ1n) is 6.28. The molecule has 0 saturated carbocycles. The van der Waals surface area contributed by atoms with Crippen LogP contribution in [0.15, 0.2) is 16.8 Å². The second-order valence-electron chi connectivity index (χ2n) is 4.80. The fourth-order valence-corrected chi connectivity index (χ4v) is 2.98. The highest BCUT2D eigenvalue weighted by atomic mass is 32.1. The van der Waals surface area contributed by atoms with Crippen molar-refractivity contribution in [3.05, 3.63) is 22.4 Å². The molecular weight excluding hydrogens is 232 g/mol. The molecule has 1 aliphatic rings. The first kappa shape index (κ1) is 12.6. The Balaban J connectivity index is 1.70. The van der Waals surface area contributed by atoms with E-state index in [0.717, 1.165) is 19.4 Å². The first-order chi connectivity index (χ1) is 8.24. The molecule has 1 aromatic heterocycles. The SMILES string of the molecule is CC(Cc1ccsc1)NC(=O)CC1CCCN1. The maximum absolute atomic E-state index is 11.8. The van der Waals surface area contributed by atoms with Crippen LogP contribution in [-0.4, -0.2) is 24.5 Å². The highest BCUT2D eigenvalue weighted by molar-refractivity contribution is 7.07. The van der Waals surface area contributed by atoms with Gasteiger partial charge in [0, 0.05) is 18.5 Å². The van der Waals surface area contributed by atoms with Gasteiger partial charge in [0.15, 0.2) is 0 Å². The zero-order valence-corrected chi connectivity index (χ0v) is 11.1. The largest absolute Gasteiger partial charge is 0.353 e. The van der Waals surface area contributed by atoms with E-state index in [1.807, 2.05) is 0 Å². The van der Waals surface area contributed by atoms with E-state index in [1.54, 1.807) is 11.3 Å². The lowest BCUT2D eigenvalue weighted by molar-refractivity contribution is -0.122. The van der Waals surface area contributed by atoms with Crippen LogP contribution in [0.25, 0.3) is 0 Å². The molecule has 2 unspecified atom stereocenters. The molecular formula is C13H20N2OS. The lowest BCUT2D eigenvalue weighted by Gasteiger charge is -2.15. The molecule has 1 saturated heterocycles. The minimum Gasteiger partial charge on any atom is -0.353 e. The molecule has 2 heterocycles. The van der Waals surface area contributed by atoms with Crippen LogP contribution in [0.3, 0.4) is 0 Å². The van der Waals surface area contributed by atoms with Gasteiger partial charge in [-0.3, -0.25) is 4.79 Å². The van der Waals surface area contributed by atoms with E-state index in [-0.39, 0.29) is 11.9 Å². The van der Waals surface area contributed by atoms with Gasteiger partial charge in [0.05, 0.1) is 0 Å². The molecule has 1 aliphatic heterocycles. The second-order valence-corrected chi connectivity index (χ2v) is 5.58. The summed E-state index contributed by atoms with van der Waals surface area (Å²) in [7, 11) is 0. The highest BCUT2D eigenvalue weighted by Gasteiger charge is 2.18. The molecule has 94 valence electrons. The minimum atomic E-state index is 0.173. The number of nitrogens with one attached hydrogen (secondary N) is 2. The van der Waals surface area contributed by atoms with Crippen molar-refractivity contribution in [2.24, 2.45) is 0 Å². The van der Waals surface area contributed by atoms with Crippen LogP contribution in [0.4, 0.5) is 0 Å². The van der Waals surface area contributed by atoms with Crippen LogP contribution in [0, 0.1) is 0 Å². The van der Waals surface area contributed by atoms with Crippen molar-refractivity contribution in [2.45, 2.75) is 44.7 Å². The zero-order valence-electron chi connectivity index (χ0n) is 10.2. The van der Waals surface area contributed by atoms with Crippen LogP contribution in [0.1, 0.15) is 31.7 Å². The Labute approximate surface area is 107 Å². The van der Waals surface area contributed by atoms with Crippen molar-refractivity contribution in [1.82, 2.24) is 10.6 Å². The van der Waals surface area contributed by atoms with Crippen LogP contribution in [0.5, 0.6) is 0 Å². The van der Waals surface area contributed by atoms with Gasteiger partial charge >= 0.3 is 0 Å². The number of thiophene rings is 1. The van der Waals surface area contributed by atoms with Crippen LogP contribution in [-0.2, 0) is 11.2 Å². The van der Waals surface area contributed by atoms with E-state index in [0.29, 0.717) is 12.5 Å². The van der Waals surface area contributed by atoms with Gasteiger partial charge in [-0.05, 0) is 55.1 Å². The maximum atomic E-state index is 11.8. The summed E-state index contributed by atoms with van der Waals surface area (Å²) in [5.74, 6) is 0.173. The lowest BCUT2D eigenvalue weighted by atomic mass is 10.1. The summed E-state index contributed by atoms with van der Waals surface area (Å²) in [4.78, 5) is 11.8. The molecule has 0 bridgehead atoms. The van der Waals surface area contributed by atoms with E-state index >= 15 is 0 Å². The van der Waals surface area contributed by atoms with E-state index < -0.39 is 0 Å². The first-order valence-corrected chi connectivity index (χ1v) is 7.22. The van der Waals surface area contributed by atoms with Gasteiger partial charge in [0.25, 0.3) is 0 Å². The molecule has 0 radical (unpaired) electrons. The highest BCUT2D eigenvalue weighted by Crippen LogP contribution is 2.10. The topological polar surface area (TPSA) is 41.1 Å². The fourth-order valence-electron chi connectivity index (χ4n) is 2.30. The fraction of sp³-hybridized carbons (Fsp3) is 0.615. The van der Waals surface area contributed by atoms with Gasteiger partial charge in [-0.25, -0.2) is 0 Å². The number of rotatable bonds is 5. The van der Waals surface area contributed by atoms with E-state index in [9.17, 15) is 4.79 Å². The third-order valence-corrected chi connectivity index (χ3v) is 3.86. The molecule has 2 atom stereocenters. The van der Waals surface area contributed by atoms with Crippen LogP contribution >= 0.6 is 11.3 Å². The summed E-state index contributed by atoms with van der Waals surface area (Å²) in [6, 6.07) is 2.73. The molecule has 1 fully saturated rings. The van der Waals surface area contributed by atoms with Crippen LogP contribution in [0.2, 0.25) is 0 Å². The molecule has 3 nitrogen and oxygen atoms in total. The molecule has 0 spiro atoms. The van der Waals surface area contributed by atoms with Crippen molar-refractivity contribution >= 4 is 17.2 Å². The predicted molar refractivity (Wildman–Crippen MR) is 71.3 cm³/mol. The average Bonchev–Trinajstić information content (AvgIpc) is 2.90. The molecule has 17 heavy (non-hydrogen) atoms. The van der Waals surface area contributed by atoms with Crippen molar-refractivity contribution in [3.8, 4) is 0 Å². The van der Waals surface area contributed by atoms with Crippen molar-refractivity contribution in [2.75, 3.05) is 6.54 Å². The normalized spacial score (nSPS) is 21.4. The summed E-state index contributed by atoms with van der Waals surface area (Å²) in [5.41, 5.74) is 1.31. The third-order valence-electron chi connectivity index (χ3n) is 3.12. The lowest BCUT2D eigenvalue weighted by Crippen LogP contribution is -2.37. The summed E-state index contributed by atoms with van der Waals surface area (Å²) >= 11 is 1.70. The Kier molecular flexibility index (Phi) is 4.57. The smallest absolute Gasteiger partial charge is 0.221 e. The minimum absolute atomic E-state index is 0.173. The standard InChI is InChI=1S/C13H20N2OS/c1-10(7-11-4-6-17-9-11)15-13(16)8-12-3-2-5-14-12/h4,6,9-10,12,14H,2-3,5,7-8H2,1H3,(H,15,16). The average molecular weight is 252 g/mol. The van der Waals surface area contributed by atoms with Gasteiger partial charge < -0.3 is 10.6 Å². The number of hydrogen-bond donors (Lipinski definition) is 2. The Morgan fingerprint density at radius 3 is 3.24 bits per heavy atom. The predicted octanol–water partition coefficient (Wildman–Crippen LogP) is 1.94. The molecule has 2 N–H and O–H groups in total. The number of amides is 1. The van der Waals surface area contributed by atoms with Crippen LogP contribution < -0.4 is 10.6 Å². The molecule has 2 rings (SSSR count). The molecule has 0 aromatic carbocycles.